The Bertz CT molecular complexity index is 617. The van der Waals surface area contributed by atoms with Crippen LogP contribution < -0.4 is 15.8 Å². The molecule has 2 rings (SSSR count). The van der Waals surface area contributed by atoms with Crippen molar-refractivity contribution in [2.24, 2.45) is 0 Å². The van der Waals surface area contributed by atoms with Crippen LogP contribution >= 0.6 is 0 Å². The first-order valence-electron chi connectivity index (χ1n) is 5.47. The van der Waals surface area contributed by atoms with E-state index in [1.54, 1.807) is 12.1 Å². The lowest BCUT2D eigenvalue weighted by Gasteiger charge is -2.07. The van der Waals surface area contributed by atoms with E-state index in [1.807, 2.05) is 0 Å². The van der Waals surface area contributed by atoms with Crippen LogP contribution in [-0.2, 0) is 0 Å². The predicted octanol–water partition coefficient (Wildman–Crippen LogP) is 2.06. The standard InChI is InChI=1S/C13H12FN3O2/c1-19-10-6-5-8(7-9(10)15)13(18)17-12-4-2-3-11(14)16-12/h2-7H,15H2,1H3,(H,16,17,18). The quantitative estimate of drug-likeness (QED) is 0.655. The number of carbonyl (C=O) groups excluding carboxylic acids is 1. The normalized spacial score (nSPS) is 10.0. The summed E-state index contributed by atoms with van der Waals surface area (Å²) in [5.41, 5.74) is 6.39. The smallest absolute Gasteiger partial charge is 0.256 e. The zero-order valence-electron chi connectivity index (χ0n) is 10.2. The van der Waals surface area contributed by atoms with Crippen LogP contribution in [0.4, 0.5) is 15.9 Å². The van der Waals surface area contributed by atoms with E-state index in [9.17, 15) is 9.18 Å². The van der Waals surface area contributed by atoms with Crippen molar-refractivity contribution >= 4 is 17.4 Å². The molecule has 0 unspecified atom stereocenters. The summed E-state index contributed by atoms with van der Waals surface area (Å²) in [7, 11) is 1.49. The number of amides is 1. The van der Waals surface area contributed by atoms with Gasteiger partial charge in [-0.1, -0.05) is 6.07 Å². The molecule has 98 valence electrons. The van der Waals surface area contributed by atoms with Gasteiger partial charge in [0.1, 0.15) is 11.6 Å². The van der Waals surface area contributed by atoms with Gasteiger partial charge in [0, 0.05) is 5.56 Å². The number of hydrogen-bond acceptors (Lipinski definition) is 4. The third-order valence-electron chi connectivity index (χ3n) is 2.45. The molecule has 1 aromatic carbocycles. The van der Waals surface area contributed by atoms with Crippen molar-refractivity contribution in [3.8, 4) is 5.75 Å². The summed E-state index contributed by atoms with van der Waals surface area (Å²) in [5, 5.41) is 2.48. The number of ether oxygens (including phenoxy) is 1. The van der Waals surface area contributed by atoms with E-state index >= 15 is 0 Å². The Morgan fingerprint density at radius 3 is 2.79 bits per heavy atom. The number of anilines is 2. The highest BCUT2D eigenvalue weighted by atomic mass is 19.1. The molecular weight excluding hydrogens is 249 g/mol. The predicted molar refractivity (Wildman–Crippen MR) is 69.6 cm³/mol. The fourth-order valence-corrected chi connectivity index (χ4v) is 1.54. The molecule has 0 aliphatic carbocycles. The van der Waals surface area contributed by atoms with Crippen LogP contribution in [0.3, 0.4) is 0 Å². The second-order valence-corrected chi connectivity index (χ2v) is 3.76. The van der Waals surface area contributed by atoms with Crippen molar-refractivity contribution < 1.29 is 13.9 Å². The van der Waals surface area contributed by atoms with E-state index in [0.29, 0.717) is 17.0 Å². The Labute approximate surface area is 109 Å². The summed E-state index contributed by atoms with van der Waals surface area (Å²) < 4.78 is 17.9. The molecule has 0 radical (unpaired) electrons. The van der Waals surface area contributed by atoms with Crippen LogP contribution in [0.25, 0.3) is 0 Å². The van der Waals surface area contributed by atoms with Gasteiger partial charge in [-0.15, -0.1) is 0 Å². The molecule has 2 aromatic rings. The number of methoxy groups -OCH3 is 1. The maximum absolute atomic E-state index is 12.9. The monoisotopic (exact) mass is 261 g/mol. The first-order chi connectivity index (χ1) is 9.10. The number of benzene rings is 1. The molecule has 0 fully saturated rings. The third-order valence-corrected chi connectivity index (χ3v) is 2.45. The van der Waals surface area contributed by atoms with Gasteiger partial charge in [-0.05, 0) is 30.3 Å². The molecule has 0 aliphatic heterocycles. The third kappa shape index (κ3) is 2.98. The van der Waals surface area contributed by atoms with Gasteiger partial charge in [-0.2, -0.15) is 4.39 Å². The first-order valence-corrected chi connectivity index (χ1v) is 5.47. The lowest BCUT2D eigenvalue weighted by atomic mass is 10.1. The lowest BCUT2D eigenvalue weighted by molar-refractivity contribution is 0.102. The summed E-state index contributed by atoms with van der Waals surface area (Å²) in [5.74, 6) is -0.459. The van der Waals surface area contributed by atoms with Gasteiger partial charge < -0.3 is 15.8 Å². The number of nitrogen functional groups attached to an aromatic ring is 1. The first kappa shape index (κ1) is 12.8. The minimum atomic E-state index is -0.660. The molecule has 3 N–H and O–H groups in total. The Morgan fingerprint density at radius 1 is 1.37 bits per heavy atom. The number of nitrogens with one attached hydrogen (secondary N) is 1. The van der Waals surface area contributed by atoms with Crippen molar-refractivity contribution in [2.75, 3.05) is 18.2 Å². The van der Waals surface area contributed by atoms with Gasteiger partial charge >= 0.3 is 0 Å². The molecule has 0 saturated heterocycles. The van der Waals surface area contributed by atoms with Crippen molar-refractivity contribution in [1.29, 1.82) is 0 Å². The molecule has 0 saturated carbocycles. The van der Waals surface area contributed by atoms with Crippen molar-refractivity contribution in [3.63, 3.8) is 0 Å². The molecule has 0 atom stereocenters. The number of hydrogen-bond donors (Lipinski definition) is 2. The average molecular weight is 261 g/mol. The Morgan fingerprint density at radius 2 is 2.16 bits per heavy atom. The van der Waals surface area contributed by atoms with Gasteiger partial charge in [0.25, 0.3) is 5.91 Å². The average Bonchev–Trinajstić information content (AvgIpc) is 2.38. The molecule has 19 heavy (non-hydrogen) atoms. The van der Waals surface area contributed by atoms with Gasteiger partial charge in [0.2, 0.25) is 5.95 Å². The van der Waals surface area contributed by atoms with Crippen LogP contribution in [0.5, 0.6) is 5.75 Å². The van der Waals surface area contributed by atoms with Gasteiger partial charge in [-0.3, -0.25) is 4.79 Å². The summed E-state index contributed by atoms with van der Waals surface area (Å²) in [6, 6.07) is 8.77. The molecule has 1 amide bonds. The number of pyridine rings is 1. The molecule has 5 nitrogen and oxygen atoms in total. The number of carbonyl (C=O) groups is 1. The fourth-order valence-electron chi connectivity index (χ4n) is 1.54. The Balaban J connectivity index is 2.18. The molecular formula is C13H12FN3O2. The van der Waals surface area contributed by atoms with E-state index in [2.05, 4.69) is 10.3 Å². The van der Waals surface area contributed by atoms with Gasteiger partial charge in [0.15, 0.2) is 0 Å². The highest BCUT2D eigenvalue weighted by Crippen LogP contribution is 2.22. The largest absolute Gasteiger partial charge is 0.495 e. The SMILES string of the molecule is COc1ccc(C(=O)Nc2cccc(F)n2)cc1N. The van der Waals surface area contributed by atoms with E-state index in [1.165, 1.54) is 31.4 Å². The number of halogens is 1. The highest BCUT2D eigenvalue weighted by Gasteiger charge is 2.09. The van der Waals surface area contributed by atoms with Crippen molar-refractivity contribution in [1.82, 2.24) is 4.98 Å². The second kappa shape index (κ2) is 5.34. The molecule has 0 spiro atoms. The fraction of sp³-hybridized carbons (Fsp3) is 0.0769. The van der Waals surface area contributed by atoms with Crippen LogP contribution in [0.2, 0.25) is 0 Å². The van der Waals surface area contributed by atoms with E-state index in [4.69, 9.17) is 10.5 Å². The van der Waals surface area contributed by atoms with Crippen LogP contribution in [-0.4, -0.2) is 18.0 Å². The van der Waals surface area contributed by atoms with Gasteiger partial charge in [-0.25, -0.2) is 4.98 Å². The summed E-state index contributed by atoms with van der Waals surface area (Å²) in [4.78, 5) is 15.4. The highest BCUT2D eigenvalue weighted by molar-refractivity contribution is 6.04. The lowest BCUT2D eigenvalue weighted by Crippen LogP contribution is -2.13. The van der Waals surface area contributed by atoms with Gasteiger partial charge in [0.05, 0.1) is 12.8 Å². The topological polar surface area (TPSA) is 77.2 Å². The summed E-state index contributed by atoms with van der Waals surface area (Å²) in [6.45, 7) is 0. The van der Waals surface area contributed by atoms with Crippen LogP contribution in [0, 0.1) is 5.95 Å². The zero-order chi connectivity index (χ0) is 13.8. The number of nitrogens with two attached hydrogens (primary N) is 1. The summed E-state index contributed by atoms with van der Waals surface area (Å²) >= 11 is 0. The van der Waals surface area contributed by atoms with E-state index in [0.717, 1.165) is 0 Å². The molecule has 1 aromatic heterocycles. The van der Waals surface area contributed by atoms with E-state index in [-0.39, 0.29) is 5.82 Å². The minimum absolute atomic E-state index is 0.138. The van der Waals surface area contributed by atoms with Crippen molar-refractivity contribution in [3.05, 3.63) is 47.9 Å². The molecule has 1 heterocycles. The molecule has 0 bridgehead atoms. The second-order valence-electron chi connectivity index (χ2n) is 3.76. The van der Waals surface area contributed by atoms with Crippen LogP contribution in [0.1, 0.15) is 10.4 Å². The molecule has 6 heteroatoms. The number of rotatable bonds is 3. The van der Waals surface area contributed by atoms with Crippen molar-refractivity contribution in [2.45, 2.75) is 0 Å². The maximum atomic E-state index is 12.9. The number of nitrogens with zero attached hydrogens (tertiary/aromatic N) is 1. The molecule has 0 aliphatic rings. The Hall–Kier alpha value is -2.63. The maximum Gasteiger partial charge on any atom is 0.256 e. The zero-order valence-corrected chi connectivity index (χ0v) is 10.2. The van der Waals surface area contributed by atoms with Crippen LogP contribution in [0.15, 0.2) is 36.4 Å². The number of aromatic nitrogens is 1. The minimum Gasteiger partial charge on any atom is -0.495 e. The summed E-state index contributed by atoms with van der Waals surface area (Å²) in [6.07, 6.45) is 0. The van der Waals surface area contributed by atoms with E-state index < -0.39 is 11.9 Å². The Kier molecular flexibility index (Phi) is 3.61.